The molecule has 4 rings (SSSR count). The van der Waals surface area contributed by atoms with Crippen molar-refractivity contribution in [3.05, 3.63) is 72.0 Å². The number of ether oxygens (including phenoxy) is 1. The molecule has 4 nitrogen and oxygen atoms in total. The van der Waals surface area contributed by atoms with E-state index in [-0.39, 0.29) is 5.91 Å². The molecule has 0 radical (unpaired) electrons. The van der Waals surface area contributed by atoms with E-state index in [2.05, 4.69) is 54.7 Å². The lowest BCUT2D eigenvalue weighted by Gasteiger charge is -2.14. The third-order valence-corrected chi connectivity index (χ3v) is 6.18. The van der Waals surface area contributed by atoms with Gasteiger partial charge in [-0.25, -0.2) is 0 Å². The van der Waals surface area contributed by atoms with Gasteiger partial charge in [-0.2, -0.15) is 0 Å². The molecular weight excluding hydrogens is 410 g/mol. The molecule has 0 saturated carbocycles. The second-order valence-electron chi connectivity index (χ2n) is 8.46. The maximum atomic E-state index is 12.5. The van der Waals surface area contributed by atoms with E-state index in [1.807, 2.05) is 26.2 Å². The summed E-state index contributed by atoms with van der Waals surface area (Å²) in [7, 11) is 1.66. The van der Waals surface area contributed by atoms with Crippen LogP contribution in [0.15, 0.2) is 65.3 Å². The van der Waals surface area contributed by atoms with Crippen LogP contribution in [0.3, 0.4) is 0 Å². The van der Waals surface area contributed by atoms with Crippen molar-refractivity contribution in [1.29, 1.82) is 0 Å². The fraction of sp³-hybridized carbons (Fsp3) is 0.276. The third kappa shape index (κ3) is 4.51. The lowest BCUT2D eigenvalue weighted by molar-refractivity contribution is -0.116. The van der Waals surface area contributed by atoms with Crippen molar-refractivity contribution in [3.63, 3.8) is 0 Å². The highest BCUT2D eigenvalue weighted by molar-refractivity contribution is 6.07. The zero-order chi connectivity index (χ0) is 23.4. The lowest BCUT2D eigenvalue weighted by Crippen LogP contribution is -2.22. The smallest absolute Gasteiger partial charge is 0.244 e. The van der Waals surface area contributed by atoms with E-state index >= 15 is 0 Å². The highest BCUT2D eigenvalue weighted by atomic mass is 16.5. The maximum Gasteiger partial charge on any atom is 0.244 e. The van der Waals surface area contributed by atoms with Gasteiger partial charge in [0, 0.05) is 34.7 Å². The number of nitrogens with one attached hydrogen (secondary N) is 1. The average Bonchev–Trinajstić information content (AvgIpc) is 3.25. The number of methoxy groups -OCH3 is 1. The van der Waals surface area contributed by atoms with Crippen LogP contribution in [0.4, 0.5) is 0 Å². The molecule has 0 spiro atoms. The van der Waals surface area contributed by atoms with Gasteiger partial charge < -0.3 is 14.5 Å². The predicted molar refractivity (Wildman–Crippen MR) is 137 cm³/mol. The summed E-state index contributed by atoms with van der Waals surface area (Å²) in [6.07, 6.45) is 6.72. The van der Waals surface area contributed by atoms with E-state index in [0.717, 1.165) is 63.8 Å². The van der Waals surface area contributed by atoms with Gasteiger partial charge in [-0.15, -0.1) is 0 Å². The van der Waals surface area contributed by atoms with Crippen molar-refractivity contribution in [2.24, 2.45) is 0 Å². The molecule has 1 heterocycles. The summed E-state index contributed by atoms with van der Waals surface area (Å²) in [5, 5.41) is 6.36. The van der Waals surface area contributed by atoms with Crippen molar-refractivity contribution in [1.82, 2.24) is 5.32 Å². The van der Waals surface area contributed by atoms with Gasteiger partial charge in [0.15, 0.2) is 0 Å². The number of hydrogen-bond acceptors (Lipinski definition) is 3. The third-order valence-electron chi connectivity index (χ3n) is 6.18. The molecule has 0 aliphatic carbocycles. The highest BCUT2D eigenvalue weighted by Crippen LogP contribution is 2.42. The van der Waals surface area contributed by atoms with E-state index in [1.54, 1.807) is 13.2 Å². The number of carbonyl (C=O) groups is 1. The van der Waals surface area contributed by atoms with Crippen molar-refractivity contribution >= 4 is 33.2 Å². The van der Waals surface area contributed by atoms with Crippen molar-refractivity contribution in [3.8, 4) is 16.9 Å². The van der Waals surface area contributed by atoms with Crippen LogP contribution < -0.4 is 10.1 Å². The van der Waals surface area contributed by atoms with Crippen LogP contribution in [0.1, 0.15) is 44.2 Å². The first kappa shape index (κ1) is 22.7. The van der Waals surface area contributed by atoms with Gasteiger partial charge >= 0.3 is 0 Å². The second-order valence-corrected chi connectivity index (χ2v) is 8.46. The number of carbonyl (C=O) groups excluding carboxylic acids is 1. The summed E-state index contributed by atoms with van der Waals surface area (Å²) in [6, 6.07) is 16.8. The molecule has 0 saturated heterocycles. The SMILES string of the molecule is CCCCCNC(=O)/C=C(\C)c1cc2c(-c3cccc4ccccc34)coc2c(C)c1OC. The Balaban J connectivity index is 1.80. The van der Waals surface area contributed by atoms with E-state index in [0.29, 0.717) is 6.54 Å². The first-order chi connectivity index (χ1) is 16.0. The Morgan fingerprint density at radius 1 is 1.06 bits per heavy atom. The van der Waals surface area contributed by atoms with Gasteiger partial charge in [0.25, 0.3) is 0 Å². The fourth-order valence-electron chi connectivity index (χ4n) is 4.45. The van der Waals surface area contributed by atoms with Gasteiger partial charge in [0.1, 0.15) is 11.3 Å². The summed E-state index contributed by atoms with van der Waals surface area (Å²) in [4.78, 5) is 12.5. The molecule has 3 aromatic carbocycles. The lowest BCUT2D eigenvalue weighted by atomic mass is 9.94. The minimum atomic E-state index is -0.0788. The number of furan rings is 1. The molecule has 4 aromatic rings. The van der Waals surface area contributed by atoms with Crippen LogP contribution in [-0.2, 0) is 4.79 Å². The van der Waals surface area contributed by atoms with Gasteiger partial charge in [0.2, 0.25) is 5.91 Å². The molecule has 0 atom stereocenters. The number of rotatable bonds is 8. The van der Waals surface area contributed by atoms with Gasteiger partial charge in [-0.05, 0) is 48.2 Å². The molecule has 0 bridgehead atoms. The molecule has 1 N–H and O–H groups in total. The predicted octanol–water partition coefficient (Wildman–Crippen LogP) is 7.28. The van der Waals surface area contributed by atoms with Crippen molar-refractivity contribution in [2.45, 2.75) is 40.0 Å². The number of unbranched alkanes of at least 4 members (excludes halogenated alkanes) is 2. The Labute approximate surface area is 195 Å². The Morgan fingerprint density at radius 2 is 1.85 bits per heavy atom. The van der Waals surface area contributed by atoms with Crippen LogP contribution in [-0.4, -0.2) is 19.6 Å². The number of aryl methyl sites for hydroxylation is 1. The van der Waals surface area contributed by atoms with E-state index in [1.165, 1.54) is 10.8 Å². The minimum Gasteiger partial charge on any atom is -0.496 e. The molecule has 0 aliphatic rings. The van der Waals surface area contributed by atoms with Crippen molar-refractivity contribution in [2.75, 3.05) is 13.7 Å². The van der Waals surface area contributed by atoms with Gasteiger partial charge in [0.05, 0.1) is 13.4 Å². The molecule has 0 fully saturated rings. The summed E-state index contributed by atoms with van der Waals surface area (Å²) < 4.78 is 11.8. The molecule has 170 valence electrons. The summed E-state index contributed by atoms with van der Waals surface area (Å²) >= 11 is 0. The number of allylic oxidation sites excluding steroid dienone is 1. The van der Waals surface area contributed by atoms with E-state index < -0.39 is 0 Å². The maximum absolute atomic E-state index is 12.5. The topological polar surface area (TPSA) is 51.5 Å². The van der Waals surface area contributed by atoms with Gasteiger partial charge in [-0.1, -0.05) is 62.2 Å². The van der Waals surface area contributed by atoms with Gasteiger partial charge in [-0.3, -0.25) is 4.79 Å². The molecule has 1 amide bonds. The number of amides is 1. The average molecular weight is 442 g/mol. The first-order valence-corrected chi connectivity index (χ1v) is 11.6. The first-order valence-electron chi connectivity index (χ1n) is 11.6. The Kier molecular flexibility index (Phi) is 6.83. The molecule has 33 heavy (non-hydrogen) atoms. The Hall–Kier alpha value is -3.53. The van der Waals surface area contributed by atoms with E-state index in [9.17, 15) is 4.79 Å². The van der Waals surface area contributed by atoms with Crippen LogP contribution in [0.25, 0.3) is 38.4 Å². The monoisotopic (exact) mass is 441 g/mol. The molecule has 1 aromatic heterocycles. The minimum absolute atomic E-state index is 0.0788. The van der Waals surface area contributed by atoms with Crippen LogP contribution in [0.2, 0.25) is 0 Å². The van der Waals surface area contributed by atoms with Crippen LogP contribution >= 0.6 is 0 Å². The Morgan fingerprint density at radius 3 is 2.64 bits per heavy atom. The largest absolute Gasteiger partial charge is 0.496 e. The summed E-state index contributed by atoms with van der Waals surface area (Å²) in [6.45, 7) is 6.79. The molecule has 0 aliphatic heterocycles. The summed E-state index contributed by atoms with van der Waals surface area (Å²) in [5.41, 5.74) is 5.63. The fourth-order valence-corrected chi connectivity index (χ4v) is 4.45. The Bertz CT molecular complexity index is 1320. The van der Waals surface area contributed by atoms with Crippen molar-refractivity contribution < 1.29 is 13.9 Å². The zero-order valence-corrected chi connectivity index (χ0v) is 19.8. The summed E-state index contributed by atoms with van der Waals surface area (Å²) in [5.74, 6) is 0.652. The number of hydrogen-bond donors (Lipinski definition) is 1. The van der Waals surface area contributed by atoms with Crippen LogP contribution in [0.5, 0.6) is 5.75 Å². The molecular formula is C29H31NO3. The number of benzene rings is 3. The highest BCUT2D eigenvalue weighted by Gasteiger charge is 2.19. The van der Waals surface area contributed by atoms with Crippen LogP contribution in [0, 0.1) is 6.92 Å². The van der Waals surface area contributed by atoms with E-state index in [4.69, 9.17) is 9.15 Å². The molecule has 4 heteroatoms. The standard InChI is InChI=1S/C29H31NO3/c1-5-6-9-15-30-27(31)16-19(2)24-17-25-26(18-33-29(25)20(3)28(24)32-4)23-14-10-12-21-11-7-8-13-22(21)23/h7-8,10-14,16-18H,5-6,9,15H2,1-4H3,(H,30,31)/b19-16+. The second kappa shape index (κ2) is 9.95. The zero-order valence-electron chi connectivity index (χ0n) is 19.8. The normalized spacial score (nSPS) is 11.8. The number of fused-ring (bicyclic) bond motifs is 2. The quantitative estimate of drug-likeness (QED) is 0.231. The molecule has 0 unspecified atom stereocenters.